The third-order valence-corrected chi connectivity index (χ3v) is 4.86. The lowest BCUT2D eigenvalue weighted by atomic mass is 10.1. The van der Waals surface area contributed by atoms with Crippen LogP contribution in [0.25, 0.3) is 10.9 Å². The Morgan fingerprint density at radius 1 is 1.21 bits per heavy atom. The van der Waals surface area contributed by atoms with Gasteiger partial charge in [-0.05, 0) is 18.2 Å². The van der Waals surface area contributed by atoms with E-state index in [1.165, 1.54) is 10.8 Å². The molecule has 0 aliphatic carbocycles. The number of ether oxygens (including phenoxy) is 2. The van der Waals surface area contributed by atoms with Crippen molar-refractivity contribution in [2.45, 2.75) is 38.3 Å². The SMILES string of the molecule is COCc1noc(N2CCC(Oc3cccc4c3ccn4CC(F)(F)F)CC2)n1. The molecule has 7 nitrogen and oxygen atoms in total. The van der Waals surface area contributed by atoms with Crippen LogP contribution in [0.3, 0.4) is 0 Å². The molecule has 1 fully saturated rings. The highest BCUT2D eigenvalue weighted by Crippen LogP contribution is 2.31. The van der Waals surface area contributed by atoms with E-state index in [0.717, 1.165) is 12.8 Å². The number of hydrogen-bond donors (Lipinski definition) is 0. The fraction of sp³-hybridized carbons (Fsp3) is 0.474. The first-order chi connectivity index (χ1) is 13.9. The van der Waals surface area contributed by atoms with Crippen LogP contribution in [0.5, 0.6) is 5.75 Å². The van der Waals surface area contributed by atoms with Crippen LogP contribution in [-0.2, 0) is 17.9 Å². The first-order valence-corrected chi connectivity index (χ1v) is 9.30. The predicted octanol–water partition coefficient (Wildman–Crippen LogP) is 3.78. The molecule has 10 heteroatoms. The summed E-state index contributed by atoms with van der Waals surface area (Å²) in [5.41, 5.74) is 0.508. The number of piperidine rings is 1. The lowest BCUT2D eigenvalue weighted by Gasteiger charge is -2.30. The summed E-state index contributed by atoms with van der Waals surface area (Å²) in [6.45, 7) is 0.642. The number of halogens is 3. The van der Waals surface area contributed by atoms with Crippen molar-refractivity contribution >= 4 is 16.9 Å². The summed E-state index contributed by atoms with van der Waals surface area (Å²) >= 11 is 0. The molecule has 0 spiro atoms. The topological polar surface area (TPSA) is 65.6 Å². The van der Waals surface area contributed by atoms with Gasteiger partial charge in [-0.25, -0.2) is 0 Å². The molecule has 3 aromatic rings. The van der Waals surface area contributed by atoms with E-state index in [1.54, 1.807) is 31.4 Å². The van der Waals surface area contributed by atoms with Gasteiger partial charge in [0.1, 0.15) is 25.0 Å². The maximum absolute atomic E-state index is 12.8. The Bertz CT molecular complexity index is 961. The minimum Gasteiger partial charge on any atom is -0.490 e. The molecule has 1 aromatic carbocycles. The summed E-state index contributed by atoms with van der Waals surface area (Å²) in [4.78, 5) is 6.29. The Hall–Kier alpha value is -2.75. The fourth-order valence-corrected chi connectivity index (χ4v) is 3.53. The number of nitrogens with zero attached hydrogens (tertiary/aromatic N) is 4. The zero-order valence-corrected chi connectivity index (χ0v) is 15.9. The smallest absolute Gasteiger partial charge is 0.406 e. The minimum atomic E-state index is -4.27. The Kier molecular flexibility index (Phi) is 5.35. The van der Waals surface area contributed by atoms with Crippen molar-refractivity contribution in [3.05, 3.63) is 36.3 Å². The Morgan fingerprint density at radius 3 is 2.72 bits per heavy atom. The number of aromatic nitrogens is 3. The second-order valence-corrected chi connectivity index (χ2v) is 6.98. The van der Waals surface area contributed by atoms with Crippen LogP contribution < -0.4 is 9.64 Å². The molecule has 1 saturated heterocycles. The Balaban J connectivity index is 1.41. The van der Waals surface area contributed by atoms with Crippen LogP contribution in [0, 0.1) is 0 Å². The van der Waals surface area contributed by atoms with Gasteiger partial charge < -0.3 is 23.5 Å². The van der Waals surface area contributed by atoms with Crippen LogP contribution in [0.1, 0.15) is 18.7 Å². The van der Waals surface area contributed by atoms with Crippen molar-refractivity contribution in [1.29, 1.82) is 0 Å². The Morgan fingerprint density at radius 2 is 2.00 bits per heavy atom. The van der Waals surface area contributed by atoms with E-state index in [-0.39, 0.29) is 6.10 Å². The zero-order chi connectivity index (χ0) is 20.4. The quantitative estimate of drug-likeness (QED) is 0.616. The van der Waals surface area contributed by atoms with Crippen molar-refractivity contribution in [3.63, 3.8) is 0 Å². The summed E-state index contributed by atoms with van der Waals surface area (Å²) in [5.74, 6) is 1.10. The summed E-state index contributed by atoms with van der Waals surface area (Å²) in [7, 11) is 1.57. The highest BCUT2D eigenvalue weighted by Gasteiger charge is 2.29. The highest BCUT2D eigenvalue weighted by molar-refractivity contribution is 5.86. The van der Waals surface area contributed by atoms with Crippen molar-refractivity contribution < 1.29 is 27.2 Å². The van der Waals surface area contributed by atoms with Gasteiger partial charge in [0.2, 0.25) is 0 Å². The van der Waals surface area contributed by atoms with E-state index in [9.17, 15) is 13.2 Å². The summed E-state index contributed by atoms with van der Waals surface area (Å²) in [5, 5.41) is 4.54. The van der Waals surface area contributed by atoms with Gasteiger partial charge >= 0.3 is 12.2 Å². The summed E-state index contributed by atoms with van der Waals surface area (Å²) in [6, 6.07) is 7.31. The number of alkyl halides is 3. The normalized spacial score (nSPS) is 15.9. The molecule has 1 aliphatic heterocycles. The van der Waals surface area contributed by atoms with E-state index in [4.69, 9.17) is 14.0 Å². The molecular formula is C19H21F3N4O3. The van der Waals surface area contributed by atoms with Crippen LogP contribution in [0.2, 0.25) is 0 Å². The van der Waals surface area contributed by atoms with E-state index in [1.807, 2.05) is 4.90 Å². The molecular weight excluding hydrogens is 389 g/mol. The number of hydrogen-bond acceptors (Lipinski definition) is 6. The first kappa shape index (κ1) is 19.6. The van der Waals surface area contributed by atoms with Crippen LogP contribution in [0.15, 0.2) is 35.0 Å². The average Bonchev–Trinajstić information content (AvgIpc) is 3.30. The molecule has 4 rings (SSSR count). The van der Waals surface area contributed by atoms with Crippen LogP contribution in [-0.4, -0.2) is 47.2 Å². The number of anilines is 1. The molecule has 2 aromatic heterocycles. The standard InChI is InChI=1S/C19H21F3N4O3/c1-27-11-17-23-18(29-24-17)25-8-5-13(6-9-25)28-16-4-2-3-15-14(16)7-10-26(15)12-19(20,21)22/h2-4,7,10,13H,5-6,8-9,11-12H2,1H3. The summed E-state index contributed by atoms with van der Waals surface area (Å²) < 4.78 is 55.9. The molecule has 0 unspecified atom stereocenters. The Labute approximate surface area is 165 Å². The molecule has 156 valence electrons. The monoisotopic (exact) mass is 410 g/mol. The molecule has 3 heterocycles. The number of rotatable bonds is 6. The first-order valence-electron chi connectivity index (χ1n) is 9.30. The number of methoxy groups -OCH3 is 1. The van der Waals surface area contributed by atoms with Gasteiger partial charge in [0.05, 0.1) is 5.52 Å². The maximum Gasteiger partial charge on any atom is 0.406 e. The number of benzene rings is 1. The van der Waals surface area contributed by atoms with Gasteiger partial charge in [-0.15, -0.1) is 0 Å². The molecule has 0 bridgehead atoms. The van der Waals surface area contributed by atoms with Crippen molar-refractivity contribution in [2.24, 2.45) is 0 Å². The fourth-order valence-electron chi connectivity index (χ4n) is 3.53. The van der Waals surface area contributed by atoms with Crippen molar-refractivity contribution in [2.75, 3.05) is 25.1 Å². The maximum atomic E-state index is 12.8. The van der Waals surface area contributed by atoms with Crippen molar-refractivity contribution in [3.8, 4) is 5.75 Å². The second kappa shape index (κ2) is 7.94. The molecule has 1 aliphatic rings. The molecule has 0 atom stereocenters. The molecule has 0 saturated carbocycles. The molecule has 0 N–H and O–H groups in total. The van der Waals surface area contributed by atoms with Crippen molar-refractivity contribution in [1.82, 2.24) is 14.7 Å². The minimum absolute atomic E-state index is 0.0378. The van der Waals surface area contributed by atoms with E-state index < -0.39 is 12.7 Å². The lowest BCUT2D eigenvalue weighted by molar-refractivity contribution is -0.139. The summed E-state index contributed by atoms with van der Waals surface area (Å²) in [6.07, 6.45) is -1.39. The van der Waals surface area contributed by atoms with Gasteiger partial charge in [0.15, 0.2) is 5.82 Å². The molecule has 0 amide bonds. The molecule has 0 radical (unpaired) electrons. The zero-order valence-electron chi connectivity index (χ0n) is 15.9. The third kappa shape index (κ3) is 4.47. The van der Waals surface area contributed by atoms with Gasteiger partial charge in [0.25, 0.3) is 0 Å². The van der Waals surface area contributed by atoms with E-state index in [2.05, 4.69) is 10.1 Å². The molecule has 29 heavy (non-hydrogen) atoms. The lowest BCUT2D eigenvalue weighted by Crippen LogP contribution is -2.38. The average molecular weight is 410 g/mol. The van der Waals surface area contributed by atoms with Gasteiger partial charge in [0, 0.05) is 44.6 Å². The van der Waals surface area contributed by atoms with Gasteiger partial charge in [-0.2, -0.15) is 18.2 Å². The number of fused-ring (bicyclic) bond motifs is 1. The van der Waals surface area contributed by atoms with Gasteiger partial charge in [-0.1, -0.05) is 11.2 Å². The third-order valence-electron chi connectivity index (χ3n) is 4.86. The van der Waals surface area contributed by atoms with E-state index >= 15 is 0 Å². The van der Waals surface area contributed by atoms with E-state index in [0.29, 0.717) is 48.2 Å². The second-order valence-electron chi connectivity index (χ2n) is 6.98. The largest absolute Gasteiger partial charge is 0.490 e. The van der Waals surface area contributed by atoms with Crippen LogP contribution >= 0.6 is 0 Å². The van der Waals surface area contributed by atoms with Gasteiger partial charge in [-0.3, -0.25) is 0 Å². The predicted molar refractivity (Wildman–Crippen MR) is 98.9 cm³/mol. The highest BCUT2D eigenvalue weighted by atomic mass is 19.4. The van der Waals surface area contributed by atoms with Crippen LogP contribution in [0.4, 0.5) is 19.2 Å².